The average molecular weight is 433 g/mol. The second-order valence-corrected chi connectivity index (χ2v) is 8.25. The third-order valence-corrected chi connectivity index (χ3v) is 5.93. The molecule has 7 nitrogen and oxygen atoms in total. The quantitative estimate of drug-likeness (QED) is 0.213. The number of imidazole rings is 1. The molecule has 0 saturated carbocycles. The minimum Gasteiger partial charge on any atom is -0.464 e. The number of amides is 1. The van der Waals surface area contributed by atoms with Gasteiger partial charge in [0.2, 0.25) is 6.41 Å². The van der Waals surface area contributed by atoms with Gasteiger partial charge < -0.3 is 19.6 Å². The summed E-state index contributed by atoms with van der Waals surface area (Å²) in [6.45, 7) is 2.74. The van der Waals surface area contributed by atoms with Crippen LogP contribution in [-0.2, 0) is 27.3 Å². The van der Waals surface area contributed by atoms with Gasteiger partial charge in [-0.25, -0.2) is 9.78 Å². The van der Waals surface area contributed by atoms with Gasteiger partial charge in [-0.2, -0.15) is 0 Å². The molecule has 166 valence electrons. The van der Waals surface area contributed by atoms with Crippen LogP contribution in [0.25, 0.3) is 21.8 Å². The number of esters is 1. The predicted molar refractivity (Wildman–Crippen MR) is 124 cm³/mol. The molecule has 4 aromatic rings. The number of rotatable bonds is 11. The molecule has 1 atom stereocenters. The molecule has 0 spiro atoms. The van der Waals surface area contributed by atoms with E-state index >= 15 is 0 Å². The molecule has 0 saturated heterocycles. The second kappa shape index (κ2) is 9.68. The lowest BCUT2D eigenvalue weighted by atomic mass is 9.93. The number of aryl methyl sites for hydroxylation is 2. The first-order chi connectivity index (χ1) is 15.6. The molecule has 4 rings (SSSR count). The molecular weight excluding hydrogens is 404 g/mol. The zero-order chi connectivity index (χ0) is 22.4. The van der Waals surface area contributed by atoms with Crippen LogP contribution in [0.2, 0.25) is 0 Å². The van der Waals surface area contributed by atoms with Gasteiger partial charge in [-0.1, -0.05) is 36.4 Å². The van der Waals surface area contributed by atoms with Gasteiger partial charge in [-0.15, -0.1) is 0 Å². The Bertz CT molecular complexity index is 1200. The van der Waals surface area contributed by atoms with Crippen molar-refractivity contribution in [3.8, 4) is 0 Å². The number of aromatic amines is 1. The zero-order valence-corrected chi connectivity index (χ0v) is 18.2. The Morgan fingerprint density at radius 1 is 1.19 bits per heavy atom. The molecule has 2 aromatic carbocycles. The highest BCUT2D eigenvalue weighted by Crippen LogP contribution is 2.28. The highest BCUT2D eigenvalue weighted by molar-refractivity contribution is 6.08. The number of ether oxygens (including phenoxy) is 1. The summed E-state index contributed by atoms with van der Waals surface area (Å²) in [6, 6.07) is 14.6. The van der Waals surface area contributed by atoms with Crippen molar-refractivity contribution < 1.29 is 14.3 Å². The van der Waals surface area contributed by atoms with Crippen molar-refractivity contribution in [2.24, 2.45) is 0 Å². The van der Waals surface area contributed by atoms with Crippen LogP contribution in [0.15, 0.2) is 61.2 Å². The van der Waals surface area contributed by atoms with E-state index in [1.165, 1.54) is 16.3 Å². The summed E-state index contributed by atoms with van der Waals surface area (Å²) in [5, 5.41) is 5.08. The van der Waals surface area contributed by atoms with Gasteiger partial charge in [0.25, 0.3) is 0 Å². The normalized spacial score (nSPS) is 13.2. The molecule has 0 radical (unpaired) electrons. The number of carbonyl (C=O) groups is 2. The lowest BCUT2D eigenvalue weighted by Crippen LogP contribution is -2.50. The fourth-order valence-electron chi connectivity index (χ4n) is 4.13. The van der Waals surface area contributed by atoms with E-state index in [1.807, 2.05) is 22.9 Å². The van der Waals surface area contributed by atoms with Gasteiger partial charge in [0.1, 0.15) is 5.54 Å². The smallest absolute Gasteiger partial charge is 0.331 e. The predicted octanol–water partition coefficient (Wildman–Crippen LogP) is 3.98. The van der Waals surface area contributed by atoms with E-state index in [0.717, 1.165) is 30.4 Å². The van der Waals surface area contributed by atoms with Crippen LogP contribution in [0, 0.1) is 0 Å². The lowest BCUT2D eigenvalue weighted by molar-refractivity contribution is -0.152. The molecule has 2 heterocycles. The van der Waals surface area contributed by atoms with Crippen molar-refractivity contribution in [1.82, 2.24) is 19.9 Å². The summed E-state index contributed by atoms with van der Waals surface area (Å²) in [6.07, 6.45) is 8.58. The van der Waals surface area contributed by atoms with E-state index in [1.54, 1.807) is 19.4 Å². The van der Waals surface area contributed by atoms with Crippen LogP contribution in [0.4, 0.5) is 0 Å². The molecule has 0 aliphatic rings. The molecule has 0 bridgehead atoms. The van der Waals surface area contributed by atoms with Crippen molar-refractivity contribution in [2.45, 2.75) is 44.7 Å². The van der Waals surface area contributed by atoms with Gasteiger partial charge in [-0.05, 0) is 44.2 Å². The van der Waals surface area contributed by atoms with E-state index in [4.69, 9.17) is 4.74 Å². The van der Waals surface area contributed by atoms with E-state index in [9.17, 15) is 9.59 Å². The van der Waals surface area contributed by atoms with Crippen molar-refractivity contribution in [3.63, 3.8) is 0 Å². The summed E-state index contributed by atoms with van der Waals surface area (Å²) in [4.78, 5) is 31.4. The topological polar surface area (TPSA) is 89.0 Å². The molecule has 32 heavy (non-hydrogen) atoms. The molecule has 0 aliphatic heterocycles. The highest BCUT2D eigenvalue weighted by atomic mass is 16.5. The Hall–Kier alpha value is -3.61. The van der Waals surface area contributed by atoms with Crippen molar-refractivity contribution in [2.75, 3.05) is 6.61 Å². The maximum absolute atomic E-state index is 12.7. The van der Waals surface area contributed by atoms with Crippen LogP contribution in [0.1, 0.15) is 31.7 Å². The number of aromatic nitrogens is 3. The number of nitrogens with one attached hydrogen (secondary N) is 2. The van der Waals surface area contributed by atoms with E-state index in [2.05, 4.69) is 45.6 Å². The molecule has 1 amide bonds. The lowest BCUT2D eigenvalue weighted by Gasteiger charge is -2.26. The Morgan fingerprint density at radius 3 is 2.84 bits per heavy atom. The monoisotopic (exact) mass is 432 g/mol. The number of carbonyl (C=O) groups excluding carboxylic acids is 2. The largest absolute Gasteiger partial charge is 0.464 e. The molecule has 7 heteroatoms. The number of H-pyrrole nitrogens is 1. The summed E-state index contributed by atoms with van der Waals surface area (Å²) in [5.41, 5.74) is 2.38. The Kier molecular flexibility index (Phi) is 6.54. The van der Waals surface area contributed by atoms with Crippen LogP contribution in [0.3, 0.4) is 0 Å². The number of nitrogens with zero attached hydrogens (tertiary/aromatic N) is 2. The Morgan fingerprint density at radius 2 is 2.03 bits per heavy atom. The summed E-state index contributed by atoms with van der Waals surface area (Å²) < 4.78 is 7.40. The average Bonchev–Trinajstić information content (AvgIpc) is 3.45. The molecule has 2 aromatic heterocycles. The maximum atomic E-state index is 12.7. The van der Waals surface area contributed by atoms with Crippen LogP contribution >= 0.6 is 0 Å². The number of para-hydroxylation sites is 2. The third-order valence-electron chi connectivity index (χ3n) is 5.93. The number of hydrogen-bond acceptors (Lipinski definition) is 4. The third kappa shape index (κ3) is 4.66. The van der Waals surface area contributed by atoms with E-state index < -0.39 is 11.5 Å². The van der Waals surface area contributed by atoms with Crippen LogP contribution in [-0.4, -0.2) is 39.1 Å². The fraction of sp³-hybridized carbons (Fsp3) is 0.320. The summed E-state index contributed by atoms with van der Waals surface area (Å²) >= 11 is 0. The molecule has 0 unspecified atom stereocenters. The Balaban J connectivity index is 1.36. The van der Waals surface area contributed by atoms with Gasteiger partial charge >= 0.3 is 5.97 Å². The highest BCUT2D eigenvalue weighted by Gasteiger charge is 2.33. The van der Waals surface area contributed by atoms with E-state index in [0.29, 0.717) is 25.9 Å². The molecule has 0 aliphatic carbocycles. The first-order valence-corrected chi connectivity index (χ1v) is 10.9. The number of fused-ring (bicyclic) bond motifs is 3. The van der Waals surface area contributed by atoms with Gasteiger partial charge in [-0.3, -0.25) is 4.79 Å². The minimum atomic E-state index is -1.05. The first-order valence-electron chi connectivity index (χ1n) is 10.9. The van der Waals surface area contributed by atoms with Gasteiger partial charge in [0.15, 0.2) is 0 Å². The Labute approximate surface area is 186 Å². The molecule has 0 fully saturated rings. The zero-order valence-electron chi connectivity index (χ0n) is 18.2. The fourth-order valence-corrected chi connectivity index (χ4v) is 4.13. The standard InChI is InChI=1S/C25H28N4O3/c1-25(27-18-30,24(31)32-16-6-14-29-15-13-26-17-29)12-5-8-19-7-4-10-21-20-9-2-3-11-22(20)28-23(19)21/h2-4,7,9-11,13,15,17-18,28H,5-6,8,12,14,16H2,1H3,(H,27,30)/t25-/m0/s1. The van der Waals surface area contributed by atoms with Crippen LogP contribution < -0.4 is 5.32 Å². The first kappa shape index (κ1) is 21.6. The second-order valence-electron chi connectivity index (χ2n) is 8.25. The SMILES string of the molecule is C[C@@](CCCc1cccc2c1[nH]c1ccccc12)(NC=O)C(=O)OCCCn1ccnc1. The van der Waals surface area contributed by atoms with Gasteiger partial charge in [0.05, 0.1) is 12.9 Å². The van der Waals surface area contributed by atoms with Crippen LogP contribution in [0.5, 0.6) is 0 Å². The number of hydrogen-bond donors (Lipinski definition) is 2. The van der Waals surface area contributed by atoms with Crippen molar-refractivity contribution in [3.05, 3.63) is 66.7 Å². The van der Waals surface area contributed by atoms with Crippen molar-refractivity contribution >= 4 is 34.2 Å². The number of benzene rings is 2. The summed E-state index contributed by atoms with van der Waals surface area (Å²) in [7, 11) is 0. The summed E-state index contributed by atoms with van der Waals surface area (Å²) in [5.74, 6) is -0.404. The molecule has 2 N–H and O–H groups in total. The minimum absolute atomic E-state index is 0.293. The van der Waals surface area contributed by atoms with Crippen molar-refractivity contribution in [1.29, 1.82) is 0 Å². The van der Waals surface area contributed by atoms with E-state index in [-0.39, 0.29) is 0 Å². The maximum Gasteiger partial charge on any atom is 0.331 e. The molecular formula is C25H28N4O3. The van der Waals surface area contributed by atoms with Gasteiger partial charge in [0, 0.05) is 40.7 Å².